The number of H-pyrrole nitrogens is 2. The minimum atomic E-state index is -1.50. The van der Waals surface area contributed by atoms with Crippen molar-refractivity contribution in [2.75, 3.05) is 6.61 Å². The molecule has 3 N–H and O–H groups in total. The number of hydrogen-bond donors (Lipinski definition) is 3. The second-order valence-corrected chi connectivity index (χ2v) is 4.51. The van der Waals surface area contributed by atoms with Gasteiger partial charge in [-0.3, -0.25) is 4.79 Å². The third-order valence-electron chi connectivity index (χ3n) is 2.80. The number of ether oxygens (including phenoxy) is 1. The molecule has 0 unspecified atom stereocenters. The SMILES string of the molecule is CCCOc1ccccc1-c1nc2[nH]nnc2c(=O)[nH]1.O=[N+]([O-])O. The Morgan fingerprint density at radius 3 is 2.79 bits per heavy atom. The van der Waals surface area contributed by atoms with Crippen molar-refractivity contribution in [3.05, 3.63) is 44.7 Å². The molecule has 0 radical (unpaired) electrons. The van der Waals surface area contributed by atoms with Crippen molar-refractivity contribution in [1.29, 1.82) is 0 Å². The predicted octanol–water partition coefficient (Wildman–Crippen LogP) is 1.15. The van der Waals surface area contributed by atoms with Crippen LogP contribution in [0.3, 0.4) is 0 Å². The lowest BCUT2D eigenvalue weighted by molar-refractivity contribution is -0.742. The standard InChI is InChI=1S/C13H13N5O2.HNO3/c1-2-7-20-9-6-4-3-5-8(9)11-14-12-10(13(19)15-11)16-18-17-12;2-1(3)4/h3-6H,2,7H2,1H3,(H2,14,15,16,17,18,19);(H,2,3,4). The summed E-state index contributed by atoms with van der Waals surface area (Å²) in [6.45, 7) is 2.64. The van der Waals surface area contributed by atoms with Crippen LogP contribution in [0.2, 0.25) is 0 Å². The molecule has 2 heterocycles. The lowest BCUT2D eigenvalue weighted by Gasteiger charge is -2.09. The van der Waals surface area contributed by atoms with E-state index in [0.29, 0.717) is 23.8 Å². The highest BCUT2D eigenvalue weighted by atomic mass is 16.9. The Kier molecular flexibility index (Phi) is 5.39. The van der Waals surface area contributed by atoms with Gasteiger partial charge in [0.25, 0.3) is 10.6 Å². The van der Waals surface area contributed by atoms with Gasteiger partial charge in [-0.15, -0.1) is 15.2 Å². The Morgan fingerprint density at radius 1 is 1.38 bits per heavy atom. The summed E-state index contributed by atoms with van der Waals surface area (Å²) in [5.74, 6) is 1.12. The van der Waals surface area contributed by atoms with Crippen molar-refractivity contribution in [3.8, 4) is 17.1 Å². The maximum Gasteiger partial charge on any atom is 0.291 e. The third kappa shape index (κ3) is 4.03. The minimum absolute atomic E-state index is 0.195. The Balaban J connectivity index is 0.000000471. The van der Waals surface area contributed by atoms with Crippen molar-refractivity contribution in [1.82, 2.24) is 25.4 Å². The fourth-order valence-corrected chi connectivity index (χ4v) is 1.89. The smallest absolute Gasteiger partial charge is 0.291 e. The van der Waals surface area contributed by atoms with Crippen LogP contribution in [0, 0.1) is 10.1 Å². The Morgan fingerprint density at radius 2 is 2.08 bits per heavy atom. The van der Waals surface area contributed by atoms with Crippen LogP contribution in [0.25, 0.3) is 22.6 Å². The molecular weight excluding hydrogens is 320 g/mol. The molecule has 0 aliphatic carbocycles. The van der Waals surface area contributed by atoms with Gasteiger partial charge in [0.15, 0.2) is 11.2 Å². The summed E-state index contributed by atoms with van der Waals surface area (Å²) in [6.07, 6.45) is 0.905. The molecule has 3 aromatic rings. The molecule has 0 spiro atoms. The Hall–Kier alpha value is -3.50. The van der Waals surface area contributed by atoms with Crippen LogP contribution in [-0.4, -0.2) is 42.3 Å². The molecule has 3 rings (SSSR count). The second-order valence-electron chi connectivity index (χ2n) is 4.51. The molecule has 11 heteroatoms. The summed E-state index contributed by atoms with van der Waals surface area (Å²) in [5.41, 5.74) is 0.952. The first-order chi connectivity index (χ1) is 11.5. The van der Waals surface area contributed by atoms with Crippen LogP contribution in [0.4, 0.5) is 0 Å². The van der Waals surface area contributed by atoms with Crippen LogP contribution in [0.5, 0.6) is 5.75 Å². The lowest BCUT2D eigenvalue weighted by atomic mass is 10.2. The van der Waals surface area contributed by atoms with E-state index in [9.17, 15) is 4.79 Å². The van der Waals surface area contributed by atoms with Crippen LogP contribution in [0.15, 0.2) is 29.1 Å². The average Bonchev–Trinajstić information content (AvgIpc) is 3.02. The average molecular weight is 334 g/mol. The highest BCUT2D eigenvalue weighted by Gasteiger charge is 2.12. The molecule has 2 aromatic heterocycles. The number of para-hydroxylation sites is 1. The van der Waals surface area contributed by atoms with Crippen molar-refractivity contribution >= 4 is 11.2 Å². The van der Waals surface area contributed by atoms with E-state index in [-0.39, 0.29) is 11.1 Å². The highest BCUT2D eigenvalue weighted by Crippen LogP contribution is 2.26. The third-order valence-corrected chi connectivity index (χ3v) is 2.80. The monoisotopic (exact) mass is 334 g/mol. The summed E-state index contributed by atoms with van der Waals surface area (Å²) in [6, 6.07) is 7.44. The lowest BCUT2D eigenvalue weighted by Crippen LogP contribution is -2.10. The first kappa shape index (κ1) is 16.9. The highest BCUT2D eigenvalue weighted by molar-refractivity contribution is 5.72. The van der Waals surface area contributed by atoms with E-state index in [2.05, 4.69) is 25.4 Å². The first-order valence-electron chi connectivity index (χ1n) is 6.89. The fourth-order valence-electron chi connectivity index (χ4n) is 1.89. The van der Waals surface area contributed by atoms with E-state index in [0.717, 1.165) is 12.0 Å². The van der Waals surface area contributed by atoms with E-state index in [1.165, 1.54) is 0 Å². The molecule has 1 aromatic carbocycles. The maximum atomic E-state index is 11.9. The molecule has 0 aliphatic rings. The molecule has 126 valence electrons. The van der Waals surface area contributed by atoms with Crippen molar-refractivity contribution in [2.45, 2.75) is 13.3 Å². The molecule has 11 nitrogen and oxygen atoms in total. The van der Waals surface area contributed by atoms with E-state index in [1.54, 1.807) is 0 Å². The fraction of sp³-hybridized carbons (Fsp3) is 0.231. The van der Waals surface area contributed by atoms with Gasteiger partial charge in [0, 0.05) is 0 Å². The summed E-state index contributed by atoms with van der Waals surface area (Å²) in [7, 11) is 0. The van der Waals surface area contributed by atoms with Gasteiger partial charge in [0.2, 0.25) is 0 Å². The zero-order chi connectivity index (χ0) is 17.5. The van der Waals surface area contributed by atoms with Gasteiger partial charge >= 0.3 is 0 Å². The topological polar surface area (TPSA) is 160 Å². The van der Waals surface area contributed by atoms with Gasteiger partial charge in [0.1, 0.15) is 11.6 Å². The first-order valence-corrected chi connectivity index (χ1v) is 6.89. The largest absolute Gasteiger partial charge is 0.493 e. The zero-order valence-corrected chi connectivity index (χ0v) is 12.6. The maximum absolute atomic E-state index is 11.9. The number of aromatic nitrogens is 5. The van der Waals surface area contributed by atoms with E-state index in [4.69, 9.17) is 20.1 Å². The molecule has 0 fully saturated rings. The summed E-state index contributed by atoms with van der Waals surface area (Å²) >= 11 is 0. The van der Waals surface area contributed by atoms with Gasteiger partial charge in [0.05, 0.1) is 12.2 Å². The summed E-state index contributed by atoms with van der Waals surface area (Å²) in [5, 5.41) is 23.5. The molecule has 0 atom stereocenters. The second kappa shape index (κ2) is 7.67. The number of nitrogens with one attached hydrogen (secondary N) is 2. The zero-order valence-electron chi connectivity index (χ0n) is 12.6. The summed E-state index contributed by atoms with van der Waals surface area (Å²) < 4.78 is 5.67. The van der Waals surface area contributed by atoms with Crippen molar-refractivity contribution < 1.29 is 15.0 Å². The quantitative estimate of drug-likeness (QED) is 0.473. The van der Waals surface area contributed by atoms with Crippen LogP contribution in [-0.2, 0) is 0 Å². The molecule has 0 saturated heterocycles. The van der Waals surface area contributed by atoms with E-state index < -0.39 is 5.09 Å². The normalized spacial score (nSPS) is 10.0. The molecule has 0 saturated carbocycles. The van der Waals surface area contributed by atoms with Gasteiger partial charge < -0.3 is 14.9 Å². The number of fused-ring (bicyclic) bond motifs is 1. The van der Waals surface area contributed by atoms with Crippen LogP contribution < -0.4 is 10.3 Å². The number of rotatable bonds is 4. The number of hydrogen-bond acceptors (Lipinski definition) is 7. The van der Waals surface area contributed by atoms with Gasteiger partial charge in [-0.25, -0.2) is 10.1 Å². The Labute approximate surface area is 134 Å². The van der Waals surface area contributed by atoms with Gasteiger partial charge in [-0.2, -0.15) is 0 Å². The van der Waals surface area contributed by atoms with E-state index >= 15 is 0 Å². The van der Waals surface area contributed by atoms with Gasteiger partial charge in [-0.05, 0) is 18.6 Å². The summed E-state index contributed by atoms with van der Waals surface area (Å²) in [4.78, 5) is 27.3. The molecule has 24 heavy (non-hydrogen) atoms. The van der Waals surface area contributed by atoms with Crippen LogP contribution >= 0.6 is 0 Å². The number of aromatic amines is 2. The van der Waals surface area contributed by atoms with E-state index in [1.807, 2.05) is 31.2 Å². The molecule has 0 aliphatic heterocycles. The van der Waals surface area contributed by atoms with Crippen molar-refractivity contribution in [3.63, 3.8) is 0 Å². The van der Waals surface area contributed by atoms with Crippen molar-refractivity contribution in [2.24, 2.45) is 0 Å². The van der Waals surface area contributed by atoms with Gasteiger partial charge in [-0.1, -0.05) is 24.3 Å². The molecular formula is C13H14N6O5. The number of nitrogens with zero attached hydrogens (tertiary/aromatic N) is 4. The molecule has 0 amide bonds. The number of benzene rings is 1. The Bertz CT molecular complexity index is 886. The minimum Gasteiger partial charge on any atom is -0.493 e. The predicted molar refractivity (Wildman–Crippen MR) is 82.3 cm³/mol. The molecule has 0 bridgehead atoms. The van der Waals surface area contributed by atoms with Crippen LogP contribution in [0.1, 0.15) is 13.3 Å².